The number of amides is 1. The van der Waals surface area contributed by atoms with Crippen LogP contribution in [0.4, 0.5) is 5.69 Å². The van der Waals surface area contributed by atoms with Crippen molar-refractivity contribution < 1.29 is 13.9 Å². The third-order valence-electron chi connectivity index (χ3n) is 3.70. The zero-order chi connectivity index (χ0) is 18.5. The van der Waals surface area contributed by atoms with Crippen molar-refractivity contribution in [3.8, 4) is 11.8 Å². The van der Waals surface area contributed by atoms with Crippen molar-refractivity contribution in [3.05, 3.63) is 82.3 Å². The second-order valence-corrected chi connectivity index (χ2v) is 6.01. The van der Waals surface area contributed by atoms with E-state index in [1.165, 1.54) is 0 Å². The third-order valence-corrected chi connectivity index (χ3v) is 3.93. The molecule has 6 heteroatoms. The van der Waals surface area contributed by atoms with E-state index in [1.54, 1.807) is 54.6 Å². The smallest absolute Gasteiger partial charge is 0.291 e. The highest BCUT2D eigenvalue weighted by Crippen LogP contribution is 2.22. The fourth-order valence-electron chi connectivity index (χ4n) is 2.36. The van der Waals surface area contributed by atoms with Gasteiger partial charge >= 0.3 is 0 Å². The molecule has 1 aromatic heterocycles. The standard InChI is InChI=1S/C20H15ClN2O3/c1-13-10-15(21)6-8-17(13)23-20(24)19-9-7-16(26-19)12-25-18-5-3-2-4-14(18)11-22/h2-10H,12H2,1H3,(H,23,24). The number of halogens is 1. The van der Waals surface area contributed by atoms with Gasteiger partial charge in [0.15, 0.2) is 5.76 Å². The van der Waals surface area contributed by atoms with Gasteiger partial charge in [-0.25, -0.2) is 0 Å². The molecular formula is C20H15ClN2O3. The van der Waals surface area contributed by atoms with Gasteiger partial charge in [-0.1, -0.05) is 23.7 Å². The Morgan fingerprint density at radius 2 is 2.04 bits per heavy atom. The van der Waals surface area contributed by atoms with Gasteiger partial charge in [0, 0.05) is 10.7 Å². The predicted octanol–water partition coefficient (Wildman–Crippen LogP) is 4.94. The number of hydrogen-bond acceptors (Lipinski definition) is 4. The maximum atomic E-state index is 12.3. The Morgan fingerprint density at radius 1 is 1.23 bits per heavy atom. The number of para-hydroxylation sites is 1. The quantitative estimate of drug-likeness (QED) is 0.693. The van der Waals surface area contributed by atoms with Crippen molar-refractivity contribution in [3.63, 3.8) is 0 Å². The molecule has 0 fully saturated rings. The molecule has 3 rings (SSSR count). The normalized spacial score (nSPS) is 10.2. The molecular weight excluding hydrogens is 352 g/mol. The van der Waals surface area contributed by atoms with Crippen molar-refractivity contribution in [2.45, 2.75) is 13.5 Å². The van der Waals surface area contributed by atoms with Crippen LogP contribution in [0.1, 0.15) is 27.4 Å². The Balaban J connectivity index is 1.65. The van der Waals surface area contributed by atoms with E-state index in [-0.39, 0.29) is 18.3 Å². The van der Waals surface area contributed by atoms with Crippen LogP contribution in [-0.2, 0) is 6.61 Å². The lowest BCUT2D eigenvalue weighted by atomic mass is 10.2. The van der Waals surface area contributed by atoms with Crippen molar-refractivity contribution in [2.24, 2.45) is 0 Å². The van der Waals surface area contributed by atoms with Crippen molar-refractivity contribution in [1.29, 1.82) is 5.26 Å². The number of nitrogens with zero attached hydrogens (tertiary/aromatic N) is 1. The van der Waals surface area contributed by atoms with Crippen LogP contribution in [0, 0.1) is 18.3 Å². The number of ether oxygens (including phenoxy) is 1. The lowest BCUT2D eigenvalue weighted by molar-refractivity contribution is 0.0992. The number of nitriles is 1. The van der Waals surface area contributed by atoms with Crippen LogP contribution in [0.5, 0.6) is 5.75 Å². The fraction of sp³-hybridized carbons (Fsp3) is 0.100. The number of benzene rings is 2. The van der Waals surface area contributed by atoms with Gasteiger partial charge in [0.2, 0.25) is 0 Å². The Hall–Kier alpha value is -3.23. The highest BCUT2D eigenvalue weighted by Gasteiger charge is 2.13. The third kappa shape index (κ3) is 4.05. The van der Waals surface area contributed by atoms with Gasteiger partial charge in [0.25, 0.3) is 5.91 Å². The maximum Gasteiger partial charge on any atom is 0.291 e. The Labute approximate surface area is 155 Å². The largest absolute Gasteiger partial charge is 0.484 e. The molecule has 2 aromatic carbocycles. The summed E-state index contributed by atoms with van der Waals surface area (Å²) in [4.78, 5) is 12.3. The van der Waals surface area contributed by atoms with Crippen LogP contribution in [0.25, 0.3) is 0 Å². The molecule has 0 saturated carbocycles. The van der Waals surface area contributed by atoms with Crippen LogP contribution in [0.2, 0.25) is 5.02 Å². The van der Waals surface area contributed by atoms with Gasteiger partial charge in [-0.15, -0.1) is 0 Å². The first-order valence-electron chi connectivity index (χ1n) is 7.85. The number of furan rings is 1. The van der Waals surface area contributed by atoms with E-state index >= 15 is 0 Å². The fourth-order valence-corrected chi connectivity index (χ4v) is 2.59. The van der Waals surface area contributed by atoms with E-state index in [0.717, 1.165) is 5.56 Å². The molecule has 0 bridgehead atoms. The van der Waals surface area contributed by atoms with Crippen LogP contribution >= 0.6 is 11.6 Å². The number of carbonyl (C=O) groups excluding carboxylic acids is 1. The second kappa shape index (κ2) is 7.77. The predicted molar refractivity (Wildman–Crippen MR) is 98.3 cm³/mol. The van der Waals surface area contributed by atoms with Gasteiger partial charge in [0.05, 0.1) is 5.56 Å². The van der Waals surface area contributed by atoms with E-state index in [4.69, 9.17) is 26.0 Å². The number of aryl methyl sites for hydroxylation is 1. The zero-order valence-electron chi connectivity index (χ0n) is 14.0. The number of carbonyl (C=O) groups is 1. The van der Waals surface area contributed by atoms with Gasteiger partial charge < -0.3 is 14.5 Å². The first kappa shape index (κ1) is 17.6. The van der Waals surface area contributed by atoms with Gasteiger partial charge in [-0.05, 0) is 55.0 Å². The summed E-state index contributed by atoms with van der Waals surface area (Å²) < 4.78 is 11.1. The highest BCUT2D eigenvalue weighted by atomic mass is 35.5. The summed E-state index contributed by atoms with van der Waals surface area (Å²) in [6.45, 7) is 1.97. The summed E-state index contributed by atoms with van der Waals surface area (Å²) in [7, 11) is 0. The van der Waals surface area contributed by atoms with E-state index in [9.17, 15) is 4.79 Å². The minimum absolute atomic E-state index is 0.117. The average molecular weight is 367 g/mol. The van der Waals surface area contributed by atoms with E-state index in [0.29, 0.717) is 27.8 Å². The Bertz CT molecular complexity index is 989. The van der Waals surface area contributed by atoms with Crippen molar-refractivity contribution in [1.82, 2.24) is 0 Å². The molecule has 0 aliphatic heterocycles. The van der Waals surface area contributed by atoms with Gasteiger partial charge in [-0.2, -0.15) is 5.26 Å². The molecule has 3 aromatic rings. The lowest BCUT2D eigenvalue weighted by Gasteiger charge is -2.07. The molecule has 1 heterocycles. The molecule has 0 unspecified atom stereocenters. The van der Waals surface area contributed by atoms with Gasteiger partial charge in [-0.3, -0.25) is 4.79 Å². The van der Waals surface area contributed by atoms with Gasteiger partial charge in [0.1, 0.15) is 24.2 Å². The molecule has 1 N–H and O–H groups in total. The van der Waals surface area contributed by atoms with E-state index < -0.39 is 0 Å². The number of hydrogen-bond donors (Lipinski definition) is 1. The minimum atomic E-state index is -0.362. The number of rotatable bonds is 5. The lowest BCUT2D eigenvalue weighted by Crippen LogP contribution is -2.11. The minimum Gasteiger partial charge on any atom is -0.484 e. The van der Waals surface area contributed by atoms with Crippen molar-refractivity contribution >= 4 is 23.2 Å². The van der Waals surface area contributed by atoms with Crippen LogP contribution < -0.4 is 10.1 Å². The number of nitrogens with one attached hydrogen (secondary N) is 1. The summed E-state index contributed by atoms with van der Waals surface area (Å²) in [5.41, 5.74) is 1.96. The summed E-state index contributed by atoms with van der Waals surface area (Å²) in [5.74, 6) is 0.760. The highest BCUT2D eigenvalue weighted by molar-refractivity contribution is 6.30. The van der Waals surface area contributed by atoms with Crippen LogP contribution in [0.3, 0.4) is 0 Å². The first-order chi connectivity index (χ1) is 12.6. The van der Waals surface area contributed by atoms with Crippen molar-refractivity contribution in [2.75, 3.05) is 5.32 Å². The Kier molecular flexibility index (Phi) is 5.26. The Morgan fingerprint density at radius 3 is 2.81 bits per heavy atom. The number of anilines is 1. The van der Waals surface area contributed by atoms with Crippen LogP contribution in [-0.4, -0.2) is 5.91 Å². The molecule has 0 aliphatic carbocycles. The molecule has 0 aliphatic rings. The summed E-state index contributed by atoms with van der Waals surface area (Å²) in [6.07, 6.45) is 0. The maximum absolute atomic E-state index is 12.3. The summed E-state index contributed by atoms with van der Waals surface area (Å²) >= 11 is 5.92. The topological polar surface area (TPSA) is 75.3 Å². The average Bonchev–Trinajstić information content (AvgIpc) is 3.11. The first-order valence-corrected chi connectivity index (χ1v) is 8.23. The zero-order valence-corrected chi connectivity index (χ0v) is 14.7. The molecule has 26 heavy (non-hydrogen) atoms. The molecule has 130 valence electrons. The molecule has 5 nitrogen and oxygen atoms in total. The molecule has 0 radical (unpaired) electrons. The molecule has 1 amide bonds. The second-order valence-electron chi connectivity index (χ2n) is 5.58. The monoisotopic (exact) mass is 366 g/mol. The van der Waals surface area contributed by atoms with Crippen LogP contribution in [0.15, 0.2) is 59.0 Å². The SMILES string of the molecule is Cc1cc(Cl)ccc1NC(=O)c1ccc(COc2ccccc2C#N)o1. The molecule has 0 atom stereocenters. The van der Waals surface area contributed by atoms with E-state index in [2.05, 4.69) is 11.4 Å². The molecule has 0 spiro atoms. The summed E-state index contributed by atoms with van der Waals surface area (Å²) in [6, 6.07) is 17.4. The molecule has 0 saturated heterocycles. The van der Waals surface area contributed by atoms with E-state index in [1.807, 2.05) is 6.92 Å². The summed E-state index contributed by atoms with van der Waals surface area (Å²) in [5, 5.41) is 12.4.